The van der Waals surface area contributed by atoms with Crippen LogP contribution in [0.15, 0.2) is 42.5 Å². The second-order valence-corrected chi connectivity index (χ2v) is 8.02. The van der Waals surface area contributed by atoms with Gasteiger partial charge in [-0.25, -0.2) is 0 Å². The second kappa shape index (κ2) is 7.43. The summed E-state index contributed by atoms with van der Waals surface area (Å²) in [5, 5.41) is 2.85. The van der Waals surface area contributed by atoms with E-state index >= 15 is 0 Å². The van der Waals surface area contributed by atoms with E-state index in [9.17, 15) is 9.59 Å². The predicted octanol–water partition coefficient (Wildman–Crippen LogP) is 3.74. The number of amides is 2. The molecule has 0 aliphatic carbocycles. The van der Waals surface area contributed by atoms with E-state index < -0.39 is 17.4 Å². The molecular weight excluding hydrogens is 366 g/mol. The third-order valence-corrected chi connectivity index (χ3v) is 5.78. The smallest absolute Gasteiger partial charge is 0.280 e. The summed E-state index contributed by atoms with van der Waals surface area (Å²) in [6, 6.07) is 13.4. The highest BCUT2D eigenvalue weighted by Gasteiger charge is 2.49. The summed E-state index contributed by atoms with van der Waals surface area (Å²) in [7, 11) is 1.67. The lowest BCUT2D eigenvalue weighted by Crippen LogP contribution is -2.59. The Kier molecular flexibility index (Phi) is 4.94. The van der Waals surface area contributed by atoms with Gasteiger partial charge in [0.1, 0.15) is 5.75 Å². The average molecular weight is 393 g/mol. The molecule has 2 aromatic carbocycles. The molecule has 1 unspecified atom stereocenters. The highest BCUT2D eigenvalue weighted by atomic mass is 16.5. The van der Waals surface area contributed by atoms with Gasteiger partial charge in [0.15, 0.2) is 0 Å². The Morgan fingerprint density at radius 1 is 1.07 bits per heavy atom. The van der Waals surface area contributed by atoms with Crippen LogP contribution in [-0.4, -0.2) is 37.6 Å². The Hall–Kier alpha value is -3.02. The number of ether oxygens (including phenoxy) is 1. The first-order chi connectivity index (χ1) is 13.9. The fraction of sp³-hybridized carbons (Fsp3) is 0.391. The van der Waals surface area contributed by atoms with E-state index in [1.165, 1.54) is 31.1 Å². The largest absolute Gasteiger partial charge is 0.465 e. The average Bonchev–Trinajstić information content (AvgIpc) is 2.74. The molecule has 1 saturated heterocycles. The van der Waals surface area contributed by atoms with Gasteiger partial charge >= 0.3 is 0 Å². The number of likely N-dealkylation sites (N-methyl/N-ethyl adjacent to an activating group) is 1. The van der Waals surface area contributed by atoms with Crippen LogP contribution >= 0.6 is 0 Å². The lowest BCUT2D eigenvalue weighted by atomic mass is 9.99. The molecule has 2 heterocycles. The maximum Gasteiger partial charge on any atom is 0.280 e. The molecule has 152 valence electrons. The third-order valence-electron chi connectivity index (χ3n) is 5.78. The molecule has 29 heavy (non-hydrogen) atoms. The molecule has 1 atom stereocenters. The van der Waals surface area contributed by atoms with Gasteiger partial charge in [0, 0.05) is 31.5 Å². The first kappa shape index (κ1) is 19.3. The van der Waals surface area contributed by atoms with Gasteiger partial charge in [-0.3, -0.25) is 9.59 Å². The van der Waals surface area contributed by atoms with Gasteiger partial charge in [-0.05, 0) is 75.1 Å². The predicted molar refractivity (Wildman–Crippen MR) is 115 cm³/mol. The van der Waals surface area contributed by atoms with Gasteiger partial charge in [0.25, 0.3) is 17.4 Å². The van der Waals surface area contributed by atoms with Crippen molar-refractivity contribution in [1.29, 1.82) is 0 Å². The number of piperidine rings is 1. The van der Waals surface area contributed by atoms with Crippen molar-refractivity contribution in [2.75, 3.05) is 35.3 Å². The second-order valence-electron chi connectivity index (χ2n) is 8.02. The summed E-state index contributed by atoms with van der Waals surface area (Å²) in [5.74, 6) is -0.347. The molecule has 2 aliphatic heterocycles. The molecule has 1 N–H and O–H groups in total. The molecule has 2 amide bonds. The lowest BCUT2D eigenvalue weighted by molar-refractivity contribution is -0.144. The molecule has 4 rings (SSSR count). The number of hydrogen-bond donors (Lipinski definition) is 1. The number of aryl methyl sites for hydroxylation is 1. The van der Waals surface area contributed by atoms with Crippen LogP contribution in [0.2, 0.25) is 0 Å². The van der Waals surface area contributed by atoms with Crippen molar-refractivity contribution in [2.24, 2.45) is 0 Å². The van der Waals surface area contributed by atoms with Crippen molar-refractivity contribution in [2.45, 2.75) is 38.7 Å². The van der Waals surface area contributed by atoms with Crippen LogP contribution in [0.1, 0.15) is 31.7 Å². The van der Waals surface area contributed by atoms with E-state index in [4.69, 9.17) is 4.74 Å². The number of nitrogens with zero attached hydrogens (tertiary/aromatic N) is 2. The van der Waals surface area contributed by atoms with Gasteiger partial charge in [-0.2, -0.15) is 0 Å². The topological polar surface area (TPSA) is 61.9 Å². The van der Waals surface area contributed by atoms with Crippen molar-refractivity contribution < 1.29 is 14.3 Å². The number of nitrogens with one attached hydrogen (secondary N) is 1. The molecule has 2 aromatic rings. The summed E-state index contributed by atoms with van der Waals surface area (Å²) < 4.78 is 5.90. The number of carbonyl (C=O) groups is 2. The Morgan fingerprint density at radius 2 is 1.76 bits per heavy atom. The highest BCUT2D eigenvalue weighted by molar-refractivity contribution is 6.19. The number of rotatable bonds is 3. The van der Waals surface area contributed by atoms with Crippen molar-refractivity contribution in [3.8, 4) is 5.75 Å². The highest BCUT2D eigenvalue weighted by Crippen LogP contribution is 2.38. The van der Waals surface area contributed by atoms with Crippen LogP contribution in [0.3, 0.4) is 0 Å². The van der Waals surface area contributed by atoms with Gasteiger partial charge in [0.2, 0.25) is 0 Å². The fourth-order valence-corrected chi connectivity index (χ4v) is 3.97. The molecule has 0 bridgehead atoms. The molecule has 0 spiro atoms. The quantitative estimate of drug-likeness (QED) is 0.807. The molecule has 0 aromatic heterocycles. The number of carbonyl (C=O) groups excluding carboxylic acids is 2. The van der Waals surface area contributed by atoms with Crippen molar-refractivity contribution in [3.05, 3.63) is 48.0 Å². The van der Waals surface area contributed by atoms with Crippen LogP contribution in [0.5, 0.6) is 5.75 Å². The zero-order chi connectivity index (χ0) is 20.6. The molecule has 6 heteroatoms. The maximum atomic E-state index is 13.0. The summed E-state index contributed by atoms with van der Waals surface area (Å²) in [6.07, 6.45) is 3.71. The fourth-order valence-electron chi connectivity index (χ4n) is 3.97. The Morgan fingerprint density at radius 3 is 2.45 bits per heavy atom. The number of fused-ring (bicyclic) bond motifs is 1. The lowest BCUT2D eigenvalue weighted by Gasteiger charge is -2.38. The Labute approximate surface area is 171 Å². The zero-order valence-electron chi connectivity index (χ0n) is 17.2. The standard InChI is InChI=1S/C23H27N3O3/c1-16-7-12-20-19(15-16)25(3)22(28)23(2,29-20)21(27)24-17-8-10-18(11-9-17)26-13-5-4-6-14-26/h7-12,15H,4-6,13-14H2,1-3H3,(H,24,27). The summed E-state index contributed by atoms with van der Waals surface area (Å²) >= 11 is 0. The molecular formula is C23H27N3O3. The van der Waals surface area contributed by atoms with Crippen LogP contribution < -0.4 is 19.9 Å². The number of anilines is 3. The molecule has 0 saturated carbocycles. The number of hydrogen-bond acceptors (Lipinski definition) is 4. The van der Waals surface area contributed by atoms with E-state index in [1.807, 2.05) is 43.3 Å². The molecule has 6 nitrogen and oxygen atoms in total. The van der Waals surface area contributed by atoms with E-state index in [-0.39, 0.29) is 0 Å². The first-order valence-electron chi connectivity index (χ1n) is 10.1. The summed E-state index contributed by atoms with van der Waals surface area (Å²) in [4.78, 5) is 29.8. The van der Waals surface area contributed by atoms with Gasteiger partial charge in [-0.15, -0.1) is 0 Å². The Bertz CT molecular complexity index is 935. The van der Waals surface area contributed by atoms with E-state index in [0.29, 0.717) is 17.1 Å². The molecule has 0 radical (unpaired) electrons. The maximum absolute atomic E-state index is 13.0. The van der Waals surface area contributed by atoms with Gasteiger partial charge in [-0.1, -0.05) is 6.07 Å². The van der Waals surface area contributed by atoms with Crippen LogP contribution in [0, 0.1) is 6.92 Å². The number of benzene rings is 2. The van der Waals surface area contributed by atoms with Crippen molar-refractivity contribution in [3.63, 3.8) is 0 Å². The third kappa shape index (κ3) is 3.55. The van der Waals surface area contributed by atoms with E-state index in [2.05, 4.69) is 10.2 Å². The van der Waals surface area contributed by atoms with Crippen molar-refractivity contribution >= 4 is 28.9 Å². The summed E-state index contributed by atoms with van der Waals surface area (Å²) in [5.41, 5.74) is 1.87. The van der Waals surface area contributed by atoms with Gasteiger partial charge < -0.3 is 19.9 Å². The minimum Gasteiger partial charge on any atom is -0.465 e. The minimum atomic E-state index is -1.62. The van der Waals surface area contributed by atoms with E-state index in [1.54, 1.807) is 13.1 Å². The van der Waals surface area contributed by atoms with Crippen LogP contribution in [0.4, 0.5) is 17.1 Å². The SMILES string of the molecule is Cc1ccc2c(c1)N(C)C(=O)C(C)(C(=O)Nc1ccc(N3CCCCC3)cc1)O2. The zero-order valence-corrected chi connectivity index (χ0v) is 17.2. The summed E-state index contributed by atoms with van der Waals surface area (Å²) in [6.45, 7) is 5.60. The first-order valence-corrected chi connectivity index (χ1v) is 10.1. The molecule has 1 fully saturated rings. The van der Waals surface area contributed by atoms with Crippen molar-refractivity contribution in [1.82, 2.24) is 0 Å². The molecule has 2 aliphatic rings. The van der Waals surface area contributed by atoms with Crippen LogP contribution in [0.25, 0.3) is 0 Å². The normalized spacial score (nSPS) is 21.4. The van der Waals surface area contributed by atoms with Crippen LogP contribution in [-0.2, 0) is 9.59 Å². The van der Waals surface area contributed by atoms with E-state index in [0.717, 1.165) is 24.3 Å². The van der Waals surface area contributed by atoms with Gasteiger partial charge in [0.05, 0.1) is 5.69 Å². The Balaban J connectivity index is 1.51. The monoisotopic (exact) mass is 393 g/mol. The minimum absolute atomic E-state index is 0.391.